The Hall–Kier alpha value is -8.46. The number of anilines is 6. The summed E-state index contributed by atoms with van der Waals surface area (Å²) >= 11 is 0. The monoisotopic (exact) mass is 938 g/mol. The van der Waals surface area contributed by atoms with Crippen LogP contribution in [0.2, 0.25) is 0 Å². The molecule has 0 spiro atoms. The summed E-state index contributed by atoms with van der Waals surface area (Å²) in [7, 11) is 0. The van der Waals surface area contributed by atoms with Gasteiger partial charge in [-0.1, -0.05) is 153 Å². The van der Waals surface area contributed by atoms with E-state index in [-0.39, 0.29) is 0 Å². The van der Waals surface area contributed by atoms with E-state index >= 15 is 0 Å². The van der Waals surface area contributed by atoms with Crippen molar-refractivity contribution in [3.63, 3.8) is 0 Å². The number of aryl methyl sites for hydroxylation is 6. The fourth-order valence-corrected chi connectivity index (χ4v) is 12.1. The van der Waals surface area contributed by atoms with Gasteiger partial charge in [-0.3, -0.25) is 0 Å². The van der Waals surface area contributed by atoms with Gasteiger partial charge in [0.15, 0.2) is 0 Å². The normalized spacial score (nSPS) is 12.0. The van der Waals surface area contributed by atoms with Crippen molar-refractivity contribution < 1.29 is 0 Å². The SMILES string of the molecule is Cc1ccc(N(c2ccc(C(C)C)cc2)c2ccc3c4c(-c5ccccc5)c5c6cccc7c(N(c8ccc(C)c(C)c8)c8ccc(C)c(C)c8)ccc(c5c(-c5ccccc5)c4c4cccc2c34)c76)cc1C. The molecule has 13 aromatic rings. The topological polar surface area (TPSA) is 6.48 Å². The van der Waals surface area contributed by atoms with Crippen molar-refractivity contribution in [1.29, 1.82) is 0 Å². The molecule has 0 bridgehead atoms. The third-order valence-electron chi connectivity index (χ3n) is 16.3. The Kier molecular flexibility index (Phi) is 10.4. The Morgan fingerprint density at radius 2 is 0.616 bits per heavy atom. The molecule has 0 amide bonds. The predicted molar refractivity (Wildman–Crippen MR) is 317 cm³/mol. The van der Waals surface area contributed by atoms with E-state index in [1.54, 1.807) is 0 Å². The molecule has 352 valence electrons. The first-order valence-corrected chi connectivity index (χ1v) is 26.0. The van der Waals surface area contributed by atoms with Gasteiger partial charge in [0.05, 0.1) is 11.4 Å². The summed E-state index contributed by atoms with van der Waals surface area (Å²) < 4.78 is 0. The van der Waals surface area contributed by atoms with Crippen molar-refractivity contribution in [1.82, 2.24) is 0 Å². The van der Waals surface area contributed by atoms with Crippen LogP contribution in [0.15, 0.2) is 200 Å². The first-order valence-electron chi connectivity index (χ1n) is 26.0. The van der Waals surface area contributed by atoms with E-state index in [1.807, 2.05) is 0 Å². The highest BCUT2D eigenvalue weighted by molar-refractivity contribution is 6.47. The van der Waals surface area contributed by atoms with E-state index in [0.717, 1.165) is 22.7 Å². The van der Waals surface area contributed by atoms with Gasteiger partial charge in [0.25, 0.3) is 0 Å². The van der Waals surface area contributed by atoms with E-state index in [4.69, 9.17) is 0 Å². The van der Waals surface area contributed by atoms with Crippen LogP contribution in [-0.4, -0.2) is 0 Å². The summed E-state index contributed by atoms with van der Waals surface area (Å²) in [6.07, 6.45) is 0. The fourth-order valence-electron chi connectivity index (χ4n) is 12.1. The van der Waals surface area contributed by atoms with Crippen molar-refractivity contribution in [3.05, 3.63) is 239 Å². The minimum absolute atomic E-state index is 0.445. The second kappa shape index (κ2) is 17.1. The number of hydrogen-bond donors (Lipinski definition) is 0. The van der Waals surface area contributed by atoms with E-state index in [0.29, 0.717) is 5.92 Å². The van der Waals surface area contributed by atoms with Crippen LogP contribution < -0.4 is 9.80 Å². The molecule has 13 rings (SSSR count). The molecule has 0 aliphatic carbocycles. The van der Waals surface area contributed by atoms with Crippen molar-refractivity contribution >= 4 is 98.8 Å². The van der Waals surface area contributed by atoms with Crippen molar-refractivity contribution in [2.75, 3.05) is 9.80 Å². The van der Waals surface area contributed by atoms with Crippen LogP contribution in [0.3, 0.4) is 0 Å². The second-order valence-corrected chi connectivity index (χ2v) is 20.9. The van der Waals surface area contributed by atoms with Gasteiger partial charge in [0.1, 0.15) is 0 Å². The minimum Gasteiger partial charge on any atom is -0.310 e. The van der Waals surface area contributed by atoms with Gasteiger partial charge in [-0.05, 0) is 223 Å². The van der Waals surface area contributed by atoms with Gasteiger partial charge in [0, 0.05) is 33.5 Å². The zero-order valence-electron chi connectivity index (χ0n) is 43.0. The largest absolute Gasteiger partial charge is 0.310 e. The van der Waals surface area contributed by atoms with E-state index in [9.17, 15) is 0 Å². The summed E-state index contributed by atoms with van der Waals surface area (Å²) in [5.74, 6) is 0.445. The third kappa shape index (κ3) is 6.92. The molecule has 0 saturated heterocycles. The molecule has 0 N–H and O–H groups in total. The van der Waals surface area contributed by atoms with Crippen LogP contribution in [0.25, 0.3) is 86.9 Å². The maximum atomic E-state index is 2.48. The van der Waals surface area contributed by atoms with Crippen LogP contribution in [0.1, 0.15) is 58.7 Å². The lowest BCUT2D eigenvalue weighted by atomic mass is 9.87. The number of hydrogen-bond acceptors (Lipinski definition) is 2. The third-order valence-corrected chi connectivity index (χ3v) is 16.3. The maximum Gasteiger partial charge on any atom is 0.0540 e. The molecular formula is C71H58N2. The van der Waals surface area contributed by atoms with Crippen molar-refractivity contribution in [2.45, 2.75) is 61.3 Å². The molecule has 0 unspecified atom stereocenters. The van der Waals surface area contributed by atoms with E-state index < -0.39 is 0 Å². The van der Waals surface area contributed by atoms with Gasteiger partial charge in [0.2, 0.25) is 0 Å². The highest BCUT2D eigenvalue weighted by Crippen LogP contribution is 2.58. The molecule has 0 radical (unpaired) electrons. The van der Waals surface area contributed by atoms with Crippen LogP contribution >= 0.6 is 0 Å². The highest BCUT2D eigenvalue weighted by Gasteiger charge is 2.30. The maximum absolute atomic E-state index is 2.48. The van der Waals surface area contributed by atoms with Gasteiger partial charge < -0.3 is 9.80 Å². The smallest absolute Gasteiger partial charge is 0.0540 e. The molecule has 0 saturated carbocycles. The number of nitrogens with zero attached hydrogens (tertiary/aromatic N) is 2. The van der Waals surface area contributed by atoms with Crippen LogP contribution in [0, 0.1) is 41.5 Å². The fraction of sp³-hybridized carbons (Fsp3) is 0.127. The average Bonchev–Trinajstić information content (AvgIpc) is 3.93. The van der Waals surface area contributed by atoms with E-state index in [1.165, 1.54) is 137 Å². The Morgan fingerprint density at radius 3 is 0.986 bits per heavy atom. The molecule has 0 aliphatic heterocycles. The molecular weight excluding hydrogens is 881 g/mol. The average molecular weight is 939 g/mol. The predicted octanol–water partition coefficient (Wildman–Crippen LogP) is 20.7. The Bertz CT molecular complexity index is 4130. The number of benzene rings is 11. The quantitative estimate of drug-likeness (QED) is 0.142. The lowest BCUT2D eigenvalue weighted by Gasteiger charge is -2.28. The molecule has 0 fully saturated rings. The van der Waals surface area contributed by atoms with Gasteiger partial charge in [-0.15, -0.1) is 0 Å². The van der Waals surface area contributed by atoms with Crippen molar-refractivity contribution in [2.24, 2.45) is 0 Å². The standard InChI is InChI=1S/C71H58N2/c1-42(2)49-28-33-52(34-29-49)72(53-30-25-43(3)46(6)39-53)62-37-35-60-66-56(62)21-15-23-58(66)68-64(50-17-11-9-12-18-50)71-61-36-38-63(73(54-31-26-44(4)47(7)40-54)55-32-27-45(5)48(8)41-55)57-22-16-24-59(67(57)61)69(71)65(70(60)68)51-19-13-10-14-20-51/h9-42H,1-8H3. The minimum atomic E-state index is 0.445. The summed E-state index contributed by atoms with van der Waals surface area (Å²) in [5, 5.41) is 15.4. The van der Waals surface area contributed by atoms with Crippen LogP contribution in [0.4, 0.5) is 34.1 Å². The first kappa shape index (κ1) is 44.5. The van der Waals surface area contributed by atoms with E-state index in [2.05, 4.69) is 265 Å². The lowest BCUT2D eigenvalue weighted by Crippen LogP contribution is -2.11. The molecule has 2 heteroatoms. The Labute approximate surface area is 429 Å². The molecule has 0 heterocycles. The van der Waals surface area contributed by atoms with Gasteiger partial charge in [-0.2, -0.15) is 0 Å². The summed E-state index contributed by atoms with van der Waals surface area (Å²) in [4.78, 5) is 4.96. The Balaban J connectivity index is 1.17. The molecule has 13 aromatic carbocycles. The molecule has 73 heavy (non-hydrogen) atoms. The molecule has 0 atom stereocenters. The van der Waals surface area contributed by atoms with Crippen molar-refractivity contribution in [3.8, 4) is 22.3 Å². The van der Waals surface area contributed by atoms with Gasteiger partial charge in [-0.25, -0.2) is 0 Å². The molecule has 0 aliphatic rings. The zero-order chi connectivity index (χ0) is 49.8. The second-order valence-electron chi connectivity index (χ2n) is 20.9. The van der Waals surface area contributed by atoms with Crippen LogP contribution in [0.5, 0.6) is 0 Å². The number of fused-ring (bicyclic) bond motifs is 6. The van der Waals surface area contributed by atoms with Crippen LogP contribution in [-0.2, 0) is 0 Å². The lowest BCUT2D eigenvalue weighted by molar-refractivity contribution is 0.866. The summed E-state index contributed by atoms with van der Waals surface area (Å²) in [6, 6.07) is 76.0. The summed E-state index contributed by atoms with van der Waals surface area (Å²) in [6.45, 7) is 17.8. The summed E-state index contributed by atoms with van der Waals surface area (Å²) in [5.41, 5.74) is 21.0. The highest BCUT2D eigenvalue weighted by atomic mass is 15.1. The molecule has 2 nitrogen and oxygen atoms in total. The first-order chi connectivity index (χ1) is 35.5. The number of rotatable bonds is 9. The van der Waals surface area contributed by atoms with Gasteiger partial charge >= 0.3 is 0 Å². The Morgan fingerprint density at radius 1 is 0.274 bits per heavy atom. The zero-order valence-corrected chi connectivity index (χ0v) is 43.0. The molecule has 0 aromatic heterocycles.